The van der Waals surface area contributed by atoms with Crippen LogP contribution in [0.2, 0.25) is 0 Å². The molecule has 0 radical (unpaired) electrons. The molecule has 0 atom stereocenters. The maximum Gasteiger partial charge on any atom is 0.306 e. The summed E-state index contributed by atoms with van der Waals surface area (Å²) in [6.45, 7) is 3.00. The van der Waals surface area contributed by atoms with Crippen LogP contribution >= 0.6 is 15.9 Å². The maximum atomic E-state index is 10.9. The van der Waals surface area contributed by atoms with Gasteiger partial charge in [-0.2, -0.15) is 0 Å². The van der Waals surface area contributed by atoms with Crippen LogP contribution in [0.1, 0.15) is 31.2 Å². The Morgan fingerprint density at radius 2 is 2.05 bits per heavy atom. The molecule has 1 aromatic rings. The lowest BCUT2D eigenvalue weighted by atomic mass is 9.82. The van der Waals surface area contributed by atoms with Crippen LogP contribution in [0.3, 0.4) is 0 Å². The number of aryl methyl sites for hydroxylation is 1. The van der Waals surface area contributed by atoms with E-state index in [2.05, 4.69) is 46.4 Å². The first kappa shape index (κ1) is 14.4. The molecule has 1 fully saturated rings. The zero-order chi connectivity index (χ0) is 13.8. The smallest absolute Gasteiger partial charge is 0.306 e. The summed E-state index contributed by atoms with van der Waals surface area (Å²) in [5.74, 6) is -0.158. The summed E-state index contributed by atoms with van der Waals surface area (Å²) in [4.78, 5) is 10.9. The number of carboxylic acid groups (broad SMARTS) is 1. The highest BCUT2D eigenvalue weighted by molar-refractivity contribution is 9.10. The maximum absolute atomic E-state index is 10.9. The molecule has 4 heteroatoms. The average Bonchev–Trinajstić information content (AvgIpc) is 2.40. The van der Waals surface area contributed by atoms with Crippen molar-refractivity contribution in [2.75, 3.05) is 11.9 Å². The van der Waals surface area contributed by atoms with Gasteiger partial charge in [0.05, 0.1) is 5.92 Å². The van der Waals surface area contributed by atoms with Gasteiger partial charge in [0.15, 0.2) is 0 Å². The highest BCUT2D eigenvalue weighted by Crippen LogP contribution is 2.29. The van der Waals surface area contributed by atoms with E-state index >= 15 is 0 Å². The lowest BCUT2D eigenvalue weighted by Crippen LogP contribution is -2.25. The molecule has 2 rings (SSSR count). The lowest BCUT2D eigenvalue weighted by molar-refractivity contribution is -0.143. The van der Waals surface area contributed by atoms with Crippen molar-refractivity contribution in [3.63, 3.8) is 0 Å². The highest BCUT2D eigenvalue weighted by atomic mass is 79.9. The van der Waals surface area contributed by atoms with Gasteiger partial charge < -0.3 is 10.4 Å². The molecule has 0 saturated heterocycles. The first-order valence-corrected chi connectivity index (χ1v) is 7.58. The van der Waals surface area contributed by atoms with Crippen molar-refractivity contribution in [1.82, 2.24) is 0 Å². The third-order valence-electron chi connectivity index (χ3n) is 3.96. The van der Waals surface area contributed by atoms with Crippen LogP contribution in [0, 0.1) is 18.8 Å². The zero-order valence-electron chi connectivity index (χ0n) is 11.2. The summed E-state index contributed by atoms with van der Waals surface area (Å²) < 4.78 is 1.12. The predicted octanol–water partition coefficient (Wildman–Crippen LogP) is 4.06. The van der Waals surface area contributed by atoms with E-state index in [1.54, 1.807) is 0 Å². The Morgan fingerprint density at radius 3 is 2.63 bits per heavy atom. The second-order valence-electron chi connectivity index (χ2n) is 5.40. The molecular formula is C15H20BrNO2. The second-order valence-corrected chi connectivity index (χ2v) is 6.26. The molecule has 1 aliphatic carbocycles. The Labute approximate surface area is 122 Å². The van der Waals surface area contributed by atoms with Crippen molar-refractivity contribution in [3.05, 3.63) is 28.2 Å². The number of rotatable bonds is 4. The topological polar surface area (TPSA) is 49.3 Å². The SMILES string of the molecule is Cc1ccc(NCC2CCC(C(=O)O)CC2)cc1Br. The molecule has 0 unspecified atom stereocenters. The summed E-state index contributed by atoms with van der Waals surface area (Å²) in [5, 5.41) is 12.4. The molecule has 1 saturated carbocycles. The van der Waals surface area contributed by atoms with Gasteiger partial charge in [-0.25, -0.2) is 0 Å². The number of benzene rings is 1. The quantitative estimate of drug-likeness (QED) is 0.877. The molecule has 0 heterocycles. The Bertz CT molecular complexity index is 453. The standard InChI is InChI=1S/C15H20BrNO2/c1-10-2-7-13(8-14(10)16)17-9-11-3-5-12(6-4-11)15(18)19/h2,7-8,11-12,17H,3-6,9H2,1H3,(H,18,19). The van der Waals surface area contributed by atoms with Crippen molar-refractivity contribution < 1.29 is 9.90 Å². The van der Waals surface area contributed by atoms with Crippen molar-refractivity contribution in [3.8, 4) is 0 Å². The van der Waals surface area contributed by atoms with Gasteiger partial charge in [-0.3, -0.25) is 4.79 Å². The van der Waals surface area contributed by atoms with E-state index in [-0.39, 0.29) is 5.92 Å². The Kier molecular flexibility index (Phi) is 4.86. The molecule has 0 spiro atoms. The Morgan fingerprint density at radius 1 is 1.37 bits per heavy atom. The Hall–Kier alpha value is -1.03. The average molecular weight is 326 g/mol. The van der Waals surface area contributed by atoms with Crippen LogP contribution in [0.5, 0.6) is 0 Å². The summed E-state index contributed by atoms with van der Waals surface area (Å²) in [7, 11) is 0. The van der Waals surface area contributed by atoms with Gasteiger partial charge in [-0.05, 0) is 56.2 Å². The van der Waals surface area contributed by atoms with E-state index in [1.807, 2.05) is 0 Å². The number of carbonyl (C=O) groups is 1. The third kappa shape index (κ3) is 3.96. The Balaban J connectivity index is 1.80. The molecule has 3 nitrogen and oxygen atoms in total. The number of nitrogens with one attached hydrogen (secondary N) is 1. The minimum Gasteiger partial charge on any atom is -0.481 e. The number of halogens is 1. The van der Waals surface area contributed by atoms with E-state index in [1.165, 1.54) is 5.56 Å². The number of hydrogen-bond acceptors (Lipinski definition) is 2. The van der Waals surface area contributed by atoms with Gasteiger partial charge in [-0.15, -0.1) is 0 Å². The molecule has 19 heavy (non-hydrogen) atoms. The number of anilines is 1. The fourth-order valence-corrected chi connectivity index (χ4v) is 2.96. The molecule has 0 amide bonds. The number of hydrogen-bond donors (Lipinski definition) is 2. The molecule has 1 aromatic carbocycles. The number of carboxylic acids is 1. The third-order valence-corrected chi connectivity index (χ3v) is 4.82. The number of aliphatic carboxylic acids is 1. The van der Waals surface area contributed by atoms with Crippen molar-refractivity contribution in [2.45, 2.75) is 32.6 Å². The summed E-state index contributed by atoms with van der Waals surface area (Å²) in [5.41, 5.74) is 2.35. The van der Waals surface area contributed by atoms with E-state index in [0.717, 1.165) is 42.4 Å². The minimum absolute atomic E-state index is 0.121. The molecule has 2 N–H and O–H groups in total. The van der Waals surface area contributed by atoms with Crippen molar-refractivity contribution in [2.24, 2.45) is 11.8 Å². The van der Waals surface area contributed by atoms with Gasteiger partial charge in [0.25, 0.3) is 0 Å². The molecule has 0 bridgehead atoms. The van der Waals surface area contributed by atoms with E-state index in [4.69, 9.17) is 5.11 Å². The van der Waals surface area contributed by atoms with Gasteiger partial charge >= 0.3 is 5.97 Å². The monoisotopic (exact) mass is 325 g/mol. The largest absolute Gasteiger partial charge is 0.481 e. The molecular weight excluding hydrogens is 306 g/mol. The van der Waals surface area contributed by atoms with E-state index < -0.39 is 5.97 Å². The van der Waals surface area contributed by atoms with Crippen molar-refractivity contribution >= 4 is 27.6 Å². The van der Waals surface area contributed by atoms with Gasteiger partial charge in [-0.1, -0.05) is 22.0 Å². The van der Waals surface area contributed by atoms with E-state index in [9.17, 15) is 4.79 Å². The predicted molar refractivity (Wildman–Crippen MR) is 80.5 cm³/mol. The molecule has 0 aromatic heterocycles. The van der Waals surface area contributed by atoms with Crippen molar-refractivity contribution in [1.29, 1.82) is 0 Å². The van der Waals surface area contributed by atoms with Gasteiger partial charge in [0.1, 0.15) is 0 Å². The molecule has 1 aliphatic rings. The fourth-order valence-electron chi connectivity index (χ4n) is 2.58. The van der Waals surface area contributed by atoms with Crippen LogP contribution in [0.15, 0.2) is 22.7 Å². The summed E-state index contributed by atoms with van der Waals surface area (Å²) in [6, 6.07) is 6.27. The lowest BCUT2D eigenvalue weighted by Gasteiger charge is -2.26. The summed E-state index contributed by atoms with van der Waals surface area (Å²) >= 11 is 3.53. The highest BCUT2D eigenvalue weighted by Gasteiger charge is 2.25. The summed E-state index contributed by atoms with van der Waals surface area (Å²) in [6.07, 6.45) is 3.66. The van der Waals surface area contributed by atoms with E-state index in [0.29, 0.717) is 5.92 Å². The van der Waals surface area contributed by atoms with Crippen LogP contribution in [0.25, 0.3) is 0 Å². The van der Waals surface area contributed by atoms with Crippen LogP contribution in [0.4, 0.5) is 5.69 Å². The zero-order valence-corrected chi connectivity index (χ0v) is 12.7. The van der Waals surface area contributed by atoms with Crippen LogP contribution in [-0.2, 0) is 4.79 Å². The first-order chi connectivity index (χ1) is 9.06. The van der Waals surface area contributed by atoms with Gasteiger partial charge in [0.2, 0.25) is 0 Å². The molecule has 104 valence electrons. The van der Waals surface area contributed by atoms with Crippen LogP contribution in [-0.4, -0.2) is 17.6 Å². The van der Waals surface area contributed by atoms with Gasteiger partial charge in [0, 0.05) is 16.7 Å². The fraction of sp³-hybridized carbons (Fsp3) is 0.533. The second kappa shape index (κ2) is 6.42. The normalized spacial score (nSPS) is 23.1. The minimum atomic E-state index is -0.631. The first-order valence-electron chi connectivity index (χ1n) is 6.79. The van der Waals surface area contributed by atoms with Crippen LogP contribution < -0.4 is 5.32 Å². The molecule has 0 aliphatic heterocycles.